The molecule has 0 amide bonds. The molecule has 10 nitrogen and oxygen atoms in total. The predicted octanol–water partition coefficient (Wildman–Crippen LogP) is 18.3. The summed E-state index contributed by atoms with van der Waals surface area (Å²) in [5.74, 6) is 2.65. The average molecular weight is 1150 g/mol. The van der Waals surface area contributed by atoms with Gasteiger partial charge in [0.1, 0.15) is 41.1 Å². The largest absolute Gasteiger partial charge is 0.508 e. The molecule has 430 valence electrons. The van der Waals surface area contributed by atoms with E-state index in [0.29, 0.717) is 46.5 Å². The van der Waals surface area contributed by atoms with Crippen LogP contribution in [-0.2, 0) is 32.0 Å². The van der Waals surface area contributed by atoms with Crippen molar-refractivity contribution in [1.82, 2.24) is 9.13 Å². The molecule has 0 spiro atoms. The van der Waals surface area contributed by atoms with Crippen molar-refractivity contribution in [2.45, 2.75) is 72.6 Å². The molecule has 0 saturated heterocycles. The molecule has 0 aliphatic heterocycles. The van der Waals surface area contributed by atoms with Gasteiger partial charge in [-0.05, 0) is 189 Å². The number of ether oxygens (including phenoxy) is 3. The van der Waals surface area contributed by atoms with Gasteiger partial charge in [0.2, 0.25) is 0 Å². The van der Waals surface area contributed by atoms with Crippen molar-refractivity contribution in [1.29, 1.82) is 0 Å². The van der Waals surface area contributed by atoms with E-state index in [0.717, 1.165) is 63.9 Å². The van der Waals surface area contributed by atoms with Crippen LogP contribution in [-0.4, -0.2) is 14.2 Å². The van der Waals surface area contributed by atoms with Crippen LogP contribution in [0.3, 0.4) is 0 Å². The van der Waals surface area contributed by atoms with Crippen LogP contribution in [0.25, 0.3) is 32.2 Å². The van der Waals surface area contributed by atoms with Crippen molar-refractivity contribution in [2.24, 2.45) is 0 Å². The number of aromatic nitrogens is 2. The number of hydrogen-bond donors (Lipinski definition) is 1. The van der Waals surface area contributed by atoms with Crippen LogP contribution < -0.4 is 25.3 Å². The van der Waals surface area contributed by atoms with E-state index in [2.05, 4.69) is 34.0 Å². The fourth-order valence-corrected chi connectivity index (χ4v) is 9.16. The highest BCUT2D eigenvalue weighted by Gasteiger charge is 2.38. The molecule has 2 aromatic heterocycles. The summed E-state index contributed by atoms with van der Waals surface area (Å²) < 4.78 is 103. The van der Waals surface area contributed by atoms with Gasteiger partial charge in [0, 0.05) is 11.4 Å². The van der Waals surface area contributed by atoms with Crippen molar-refractivity contribution in [2.75, 3.05) is 0 Å². The Morgan fingerprint density at radius 2 is 0.847 bits per heavy atom. The SMILES string of the molecule is C1=CCC=CC1.[C-]#[N+]c1c(C(F)(F)F)cc(-c2ccc(Oc3ccc(O)cc3)cc2)n(Cc2ccc(C)cc2C)c1=O.[C-]#[N+]c1c(C(F)(F)F)cc(-c2ccc(Oc3ccc(OCc4ccccc4)cc3)cc2)n(Cc2ccc(C)cc2C)c1=O. The van der Waals surface area contributed by atoms with Gasteiger partial charge in [-0.15, -0.1) is 0 Å². The summed E-state index contributed by atoms with van der Waals surface area (Å²) in [6.07, 6.45) is 1.27. The summed E-state index contributed by atoms with van der Waals surface area (Å²) in [4.78, 5) is 32.4. The third kappa shape index (κ3) is 15.8. The maximum atomic E-state index is 13.9. The highest BCUT2D eigenvalue weighted by Crippen LogP contribution is 2.40. The van der Waals surface area contributed by atoms with Gasteiger partial charge in [-0.1, -0.05) is 102 Å². The maximum absolute atomic E-state index is 13.9. The molecule has 9 aromatic rings. The Bertz CT molecular complexity index is 4060. The first-order valence-corrected chi connectivity index (χ1v) is 26.7. The second-order valence-corrected chi connectivity index (χ2v) is 19.9. The second kappa shape index (κ2) is 27.2. The maximum Gasteiger partial charge on any atom is 0.407 e. The Hall–Kier alpha value is -10.3. The smallest absolute Gasteiger partial charge is 0.407 e. The van der Waals surface area contributed by atoms with Gasteiger partial charge >= 0.3 is 12.4 Å². The monoisotopic (exact) mass is 1150 g/mol. The number of phenolic OH excluding ortho intramolecular Hbond substituents is 1. The van der Waals surface area contributed by atoms with Gasteiger partial charge in [0.05, 0.1) is 37.4 Å². The highest BCUT2D eigenvalue weighted by molar-refractivity contribution is 5.68. The van der Waals surface area contributed by atoms with Gasteiger partial charge in [-0.25, -0.2) is 9.69 Å². The average Bonchev–Trinajstić information content (AvgIpc) is 3.29. The topological polar surface area (TPSA) is 101 Å². The number of hydrogen-bond acceptors (Lipinski definition) is 6. The molecule has 0 saturated carbocycles. The molecule has 0 fully saturated rings. The molecule has 2 heterocycles. The lowest BCUT2D eigenvalue weighted by molar-refractivity contribution is -0.137. The number of rotatable bonds is 13. The predicted molar refractivity (Wildman–Crippen MR) is 318 cm³/mol. The fraction of sp³-hybridized carbons (Fsp3) is 0.159. The highest BCUT2D eigenvalue weighted by atomic mass is 19.4. The molecule has 1 N–H and O–H groups in total. The Kier molecular flexibility index (Phi) is 19.4. The molecular weight excluding hydrogens is 1090 g/mol. The molecule has 10 rings (SSSR count). The normalized spacial score (nSPS) is 11.7. The Labute approximate surface area is 487 Å². The summed E-state index contributed by atoms with van der Waals surface area (Å²) in [5.41, 5.74) is 0.793. The quantitative estimate of drug-likeness (QED) is 0.0701. The zero-order chi connectivity index (χ0) is 60.8. The Morgan fingerprint density at radius 3 is 1.20 bits per heavy atom. The van der Waals surface area contributed by atoms with Gasteiger partial charge in [0.15, 0.2) is 0 Å². The second-order valence-electron chi connectivity index (χ2n) is 19.9. The third-order valence-electron chi connectivity index (χ3n) is 13.6. The van der Waals surface area contributed by atoms with Crippen LogP contribution in [0.1, 0.15) is 62.9 Å². The minimum atomic E-state index is -4.87. The minimum Gasteiger partial charge on any atom is -0.508 e. The number of halogens is 6. The number of benzene rings is 7. The molecule has 7 aromatic carbocycles. The van der Waals surface area contributed by atoms with E-state index in [4.69, 9.17) is 27.4 Å². The summed E-state index contributed by atoms with van der Waals surface area (Å²) >= 11 is 0. The van der Waals surface area contributed by atoms with E-state index in [1.807, 2.05) is 94.4 Å². The van der Waals surface area contributed by atoms with Gasteiger partial charge in [0.25, 0.3) is 22.5 Å². The first-order valence-electron chi connectivity index (χ1n) is 26.7. The van der Waals surface area contributed by atoms with Crippen molar-refractivity contribution in [3.63, 3.8) is 0 Å². The third-order valence-corrected chi connectivity index (χ3v) is 13.6. The van der Waals surface area contributed by atoms with Crippen LogP contribution in [0.5, 0.6) is 34.5 Å². The van der Waals surface area contributed by atoms with Crippen molar-refractivity contribution in [3.8, 4) is 57.0 Å². The Morgan fingerprint density at radius 1 is 0.482 bits per heavy atom. The zero-order valence-electron chi connectivity index (χ0n) is 46.6. The van der Waals surface area contributed by atoms with E-state index in [1.165, 1.54) is 21.3 Å². The lowest BCUT2D eigenvalue weighted by atomic mass is 10.0. The first-order chi connectivity index (χ1) is 40.7. The number of nitrogens with zero attached hydrogens (tertiary/aromatic N) is 4. The number of allylic oxidation sites excluding steroid dienone is 4. The summed E-state index contributed by atoms with van der Waals surface area (Å²) in [5, 5.41) is 9.40. The Balaban J connectivity index is 0.000000204. The van der Waals surface area contributed by atoms with Crippen LogP contribution in [0.4, 0.5) is 37.7 Å². The van der Waals surface area contributed by atoms with Gasteiger partial charge < -0.3 is 28.5 Å². The molecule has 0 radical (unpaired) electrons. The number of aromatic hydroxyl groups is 1. The lowest BCUT2D eigenvalue weighted by Crippen LogP contribution is -2.25. The molecule has 85 heavy (non-hydrogen) atoms. The van der Waals surface area contributed by atoms with Crippen LogP contribution in [0.2, 0.25) is 0 Å². The molecular formula is C69H56F6N4O6. The summed E-state index contributed by atoms with van der Waals surface area (Å²) in [6.45, 7) is 22.6. The lowest BCUT2D eigenvalue weighted by Gasteiger charge is -2.19. The number of phenols is 1. The molecule has 0 atom stereocenters. The van der Waals surface area contributed by atoms with E-state index in [1.54, 1.807) is 84.9 Å². The standard InChI is InChI=1S/C35H27F3N2O3.C28H21F3N2O3.C6H8/c1-23-9-10-27(24(2)19-23)21-40-32(20-31(35(36,37)38)33(39-3)34(40)41)26-11-13-29(14-12-26)43-30-17-15-28(16-18-30)42-22-25-7-5-4-6-8-25;1-17-4-5-20(18(2)14-17)16-33-25(15-24(28(29,30)31)26(32-3)27(33)35)19-6-10-22(11-7-19)36-23-12-8-21(34)9-13-23;1-2-4-6-5-3-1/h4-20H,21-22H2,1-2H3;4-15,34H,16H2,1-2H3;1-2,5-6H,3-4H2. The van der Waals surface area contributed by atoms with Crippen molar-refractivity contribution >= 4 is 11.4 Å². The van der Waals surface area contributed by atoms with Gasteiger partial charge in [-0.2, -0.15) is 26.3 Å². The minimum absolute atomic E-state index is 0.00664. The first kappa shape index (κ1) is 60.8. The molecule has 16 heteroatoms. The van der Waals surface area contributed by atoms with Gasteiger partial charge in [-0.3, -0.25) is 9.59 Å². The zero-order valence-corrected chi connectivity index (χ0v) is 46.6. The number of pyridine rings is 2. The van der Waals surface area contributed by atoms with Crippen molar-refractivity contribution < 1.29 is 45.7 Å². The molecule has 0 unspecified atom stereocenters. The van der Waals surface area contributed by atoms with Crippen molar-refractivity contribution in [3.05, 3.63) is 294 Å². The molecule has 0 bridgehead atoms. The summed E-state index contributed by atoms with van der Waals surface area (Å²) in [6, 6.07) is 48.7. The fourth-order valence-electron chi connectivity index (χ4n) is 9.16. The van der Waals surface area contributed by atoms with E-state index in [-0.39, 0.29) is 30.2 Å². The number of alkyl halides is 6. The summed E-state index contributed by atoms with van der Waals surface area (Å²) in [7, 11) is 0. The molecule has 1 aliphatic rings. The van der Waals surface area contributed by atoms with E-state index < -0.39 is 46.0 Å². The molecule has 1 aliphatic carbocycles. The van der Waals surface area contributed by atoms with Crippen LogP contribution in [0.15, 0.2) is 210 Å². The van der Waals surface area contributed by atoms with E-state index >= 15 is 0 Å². The number of aryl methyl sites for hydroxylation is 4. The van der Waals surface area contributed by atoms with Crippen LogP contribution >= 0.6 is 0 Å². The van der Waals surface area contributed by atoms with E-state index in [9.17, 15) is 41.0 Å². The van der Waals surface area contributed by atoms with Crippen LogP contribution in [0, 0.1) is 40.8 Å².